The van der Waals surface area contributed by atoms with Crippen LogP contribution in [0.1, 0.15) is 44.4 Å². The van der Waals surface area contributed by atoms with Crippen molar-refractivity contribution in [1.29, 1.82) is 0 Å². The first kappa shape index (κ1) is 12.3. The Morgan fingerprint density at radius 2 is 1.87 bits per heavy atom. The molecule has 1 aromatic carbocycles. The lowest BCUT2D eigenvalue weighted by molar-refractivity contribution is 0.383. The van der Waals surface area contributed by atoms with Crippen molar-refractivity contribution in [3.8, 4) is 0 Å². The second kappa shape index (κ2) is 5.92. The summed E-state index contributed by atoms with van der Waals surface area (Å²) in [5.74, 6) is 0.833. The van der Waals surface area contributed by atoms with Crippen LogP contribution in [0, 0.1) is 12.8 Å². The highest BCUT2D eigenvalue weighted by molar-refractivity contribution is 5.26. The van der Waals surface area contributed by atoms with Crippen molar-refractivity contribution in [3.05, 3.63) is 35.4 Å². The molecule has 0 amide bonds. The van der Waals surface area contributed by atoms with Crippen LogP contribution in [0.15, 0.2) is 24.3 Å². The fourth-order valence-electron chi connectivity index (χ4n) is 1.46. The Balaban J connectivity index is 0.000000245. The first-order valence-electron chi connectivity index (χ1n) is 5.89. The fourth-order valence-corrected chi connectivity index (χ4v) is 1.46. The van der Waals surface area contributed by atoms with E-state index in [0.29, 0.717) is 6.04 Å². The summed E-state index contributed by atoms with van der Waals surface area (Å²) >= 11 is 0. The van der Waals surface area contributed by atoms with Gasteiger partial charge in [0.2, 0.25) is 0 Å². The highest BCUT2D eigenvalue weighted by Crippen LogP contribution is 2.22. The second-order valence-electron chi connectivity index (χ2n) is 4.94. The summed E-state index contributed by atoms with van der Waals surface area (Å²) in [6.45, 7) is 9.82. The monoisotopic (exact) mass is 205 g/mol. The predicted molar refractivity (Wildman–Crippen MR) is 67.1 cm³/mol. The number of benzene rings is 1. The van der Waals surface area contributed by atoms with Crippen molar-refractivity contribution in [2.24, 2.45) is 5.92 Å². The molecule has 0 bridgehead atoms. The average Bonchev–Trinajstić information content (AvgIpc) is 1.99. The molecule has 1 saturated heterocycles. The van der Waals surface area contributed by atoms with Gasteiger partial charge >= 0.3 is 0 Å². The smallest absolute Gasteiger partial charge is 0.0332 e. The quantitative estimate of drug-likeness (QED) is 0.737. The summed E-state index contributed by atoms with van der Waals surface area (Å²) in [4.78, 5) is 0. The lowest BCUT2D eigenvalue weighted by Crippen LogP contribution is -2.34. The molecule has 0 saturated carbocycles. The normalized spacial score (nSPS) is 19.1. The van der Waals surface area contributed by atoms with Crippen LogP contribution in [-0.2, 0) is 0 Å². The van der Waals surface area contributed by atoms with Gasteiger partial charge in [-0.3, -0.25) is 0 Å². The summed E-state index contributed by atoms with van der Waals surface area (Å²) in [6.07, 6.45) is 1.30. The topological polar surface area (TPSA) is 12.0 Å². The molecule has 15 heavy (non-hydrogen) atoms. The molecule has 1 heterocycles. The Labute approximate surface area is 93.9 Å². The van der Waals surface area contributed by atoms with Crippen molar-refractivity contribution < 1.29 is 0 Å². The van der Waals surface area contributed by atoms with Crippen LogP contribution in [0.4, 0.5) is 0 Å². The standard InChI is InChI=1S/C10H13N.C4H10/c1-8-3-2-4-9(7-8)10-5-6-11-10;1-4(2)3/h2-4,7,10-11H,5-6H2,1H3;4H,1-3H3. The van der Waals surface area contributed by atoms with Gasteiger partial charge < -0.3 is 5.32 Å². The number of hydrogen-bond donors (Lipinski definition) is 1. The number of nitrogens with one attached hydrogen (secondary N) is 1. The van der Waals surface area contributed by atoms with E-state index in [1.807, 2.05) is 0 Å². The molecule has 84 valence electrons. The van der Waals surface area contributed by atoms with E-state index >= 15 is 0 Å². The summed E-state index contributed by atoms with van der Waals surface area (Å²) in [6, 6.07) is 9.36. The van der Waals surface area contributed by atoms with Crippen molar-refractivity contribution in [3.63, 3.8) is 0 Å². The molecule has 0 radical (unpaired) electrons. The van der Waals surface area contributed by atoms with Gasteiger partial charge in [-0.05, 0) is 31.4 Å². The molecule has 1 atom stereocenters. The number of rotatable bonds is 1. The Bertz CT molecular complexity index is 284. The maximum atomic E-state index is 3.39. The predicted octanol–water partition coefficient (Wildman–Crippen LogP) is 3.69. The van der Waals surface area contributed by atoms with E-state index in [-0.39, 0.29) is 0 Å². The summed E-state index contributed by atoms with van der Waals surface area (Å²) in [5, 5.41) is 3.39. The third kappa shape index (κ3) is 4.48. The molecule has 0 spiro atoms. The number of hydrogen-bond acceptors (Lipinski definition) is 1. The van der Waals surface area contributed by atoms with Gasteiger partial charge in [0, 0.05) is 6.04 Å². The Morgan fingerprint density at radius 3 is 2.27 bits per heavy atom. The molecule has 0 aliphatic carbocycles. The largest absolute Gasteiger partial charge is 0.310 e. The highest BCUT2D eigenvalue weighted by atomic mass is 15.0. The molecule has 1 aromatic rings. The maximum Gasteiger partial charge on any atom is 0.0332 e. The summed E-state index contributed by atoms with van der Waals surface area (Å²) in [5.41, 5.74) is 2.80. The maximum absolute atomic E-state index is 3.39. The molecule has 1 fully saturated rings. The van der Waals surface area contributed by atoms with E-state index in [0.717, 1.165) is 5.92 Å². The average molecular weight is 205 g/mol. The lowest BCUT2D eigenvalue weighted by Gasteiger charge is -2.28. The van der Waals surface area contributed by atoms with Crippen LogP contribution in [0.25, 0.3) is 0 Å². The van der Waals surface area contributed by atoms with Crippen molar-refractivity contribution >= 4 is 0 Å². The zero-order valence-corrected chi connectivity index (χ0v) is 10.4. The van der Waals surface area contributed by atoms with E-state index < -0.39 is 0 Å². The molecule has 1 nitrogen and oxygen atoms in total. The van der Waals surface area contributed by atoms with E-state index in [1.54, 1.807) is 0 Å². The molecule has 1 unspecified atom stereocenters. The Kier molecular flexibility index (Phi) is 4.83. The third-order valence-electron chi connectivity index (χ3n) is 2.27. The van der Waals surface area contributed by atoms with E-state index in [4.69, 9.17) is 0 Å². The third-order valence-corrected chi connectivity index (χ3v) is 2.27. The van der Waals surface area contributed by atoms with Crippen LogP contribution < -0.4 is 5.32 Å². The lowest BCUT2D eigenvalue weighted by atomic mass is 9.97. The first-order chi connectivity index (χ1) is 7.09. The van der Waals surface area contributed by atoms with Gasteiger partial charge in [-0.2, -0.15) is 0 Å². The molecule has 1 heteroatoms. The minimum absolute atomic E-state index is 0.634. The van der Waals surface area contributed by atoms with Gasteiger partial charge in [-0.15, -0.1) is 0 Å². The summed E-state index contributed by atoms with van der Waals surface area (Å²) in [7, 11) is 0. The minimum atomic E-state index is 0.634. The van der Waals surface area contributed by atoms with Crippen molar-refractivity contribution in [2.45, 2.75) is 40.2 Å². The van der Waals surface area contributed by atoms with Crippen LogP contribution in [0.5, 0.6) is 0 Å². The van der Waals surface area contributed by atoms with Crippen molar-refractivity contribution in [1.82, 2.24) is 5.32 Å². The SMILES string of the molecule is CC(C)C.Cc1cccc(C2CCN2)c1. The van der Waals surface area contributed by atoms with Crippen LogP contribution in [-0.4, -0.2) is 6.54 Å². The molecule has 1 N–H and O–H groups in total. The molecular weight excluding hydrogens is 182 g/mol. The number of aryl methyl sites for hydroxylation is 1. The van der Waals surface area contributed by atoms with Gasteiger partial charge in [0.05, 0.1) is 0 Å². The van der Waals surface area contributed by atoms with Gasteiger partial charge in [-0.1, -0.05) is 50.6 Å². The molecule has 1 aliphatic rings. The second-order valence-corrected chi connectivity index (χ2v) is 4.94. The Hall–Kier alpha value is -0.820. The van der Waals surface area contributed by atoms with E-state index in [9.17, 15) is 0 Å². The Morgan fingerprint density at radius 1 is 1.27 bits per heavy atom. The van der Waals surface area contributed by atoms with Gasteiger partial charge in [0.15, 0.2) is 0 Å². The van der Waals surface area contributed by atoms with Crippen LogP contribution in [0.2, 0.25) is 0 Å². The zero-order chi connectivity index (χ0) is 11.3. The highest BCUT2D eigenvalue weighted by Gasteiger charge is 2.17. The molecular formula is C14H23N. The van der Waals surface area contributed by atoms with E-state index in [1.165, 1.54) is 24.1 Å². The zero-order valence-electron chi connectivity index (χ0n) is 10.4. The molecule has 1 aliphatic heterocycles. The molecule has 2 rings (SSSR count). The van der Waals surface area contributed by atoms with Crippen LogP contribution in [0.3, 0.4) is 0 Å². The first-order valence-corrected chi connectivity index (χ1v) is 5.89. The van der Waals surface area contributed by atoms with Crippen molar-refractivity contribution in [2.75, 3.05) is 6.54 Å². The molecule has 0 aromatic heterocycles. The van der Waals surface area contributed by atoms with Crippen LogP contribution >= 0.6 is 0 Å². The van der Waals surface area contributed by atoms with Gasteiger partial charge in [0.1, 0.15) is 0 Å². The van der Waals surface area contributed by atoms with Gasteiger partial charge in [-0.25, -0.2) is 0 Å². The van der Waals surface area contributed by atoms with E-state index in [2.05, 4.69) is 57.3 Å². The summed E-state index contributed by atoms with van der Waals surface area (Å²) < 4.78 is 0. The fraction of sp³-hybridized carbons (Fsp3) is 0.571. The van der Waals surface area contributed by atoms with Gasteiger partial charge in [0.25, 0.3) is 0 Å². The minimum Gasteiger partial charge on any atom is -0.310 e.